The molecule has 2 heterocycles. The number of aromatic nitrogens is 1. The minimum atomic E-state index is -0.713. The van der Waals surface area contributed by atoms with E-state index in [1.54, 1.807) is 18.4 Å². The molecule has 4 atom stereocenters. The standard InChI is InChI=1S/C19H28N2O3S/c1-12-13(2)25-16(21(12)8-9-23-5)20-15(22)19-10-14-6-7-18(19,4)17(14,3)11-24-19/h14H,6-11H2,1-5H3/b20-16-. The lowest BCUT2D eigenvalue weighted by atomic mass is 9.66. The molecule has 1 saturated heterocycles. The summed E-state index contributed by atoms with van der Waals surface area (Å²) in [6.45, 7) is 10.7. The van der Waals surface area contributed by atoms with E-state index in [1.165, 1.54) is 11.3 Å². The normalized spacial score (nSPS) is 39.6. The van der Waals surface area contributed by atoms with Crippen LogP contribution < -0.4 is 4.80 Å². The van der Waals surface area contributed by atoms with Crippen molar-refractivity contribution in [1.29, 1.82) is 0 Å². The van der Waals surface area contributed by atoms with Gasteiger partial charge in [0.25, 0.3) is 5.91 Å². The number of rotatable bonds is 4. The number of carbonyl (C=O) groups is 1. The molecule has 6 heteroatoms. The second-order valence-electron chi connectivity index (χ2n) is 8.39. The Balaban J connectivity index is 1.74. The Labute approximate surface area is 153 Å². The van der Waals surface area contributed by atoms with E-state index in [2.05, 4.69) is 37.3 Å². The summed E-state index contributed by atoms with van der Waals surface area (Å²) in [4.78, 5) is 19.9. The van der Waals surface area contributed by atoms with Crippen molar-refractivity contribution in [3.63, 3.8) is 0 Å². The third kappa shape index (κ3) is 2.02. The molecular formula is C19H28N2O3S. The molecule has 138 valence electrons. The highest BCUT2D eigenvalue weighted by Crippen LogP contribution is 2.75. The molecule has 4 rings (SSSR count). The fourth-order valence-electron chi connectivity index (χ4n) is 5.54. The lowest BCUT2D eigenvalue weighted by molar-refractivity contribution is -0.152. The van der Waals surface area contributed by atoms with Gasteiger partial charge in [-0.15, -0.1) is 11.3 Å². The second-order valence-corrected chi connectivity index (χ2v) is 9.57. The Bertz CT molecular complexity index is 797. The van der Waals surface area contributed by atoms with Crippen molar-refractivity contribution in [2.24, 2.45) is 21.7 Å². The number of amides is 1. The molecule has 3 fully saturated rings. The van der Waals surface area contributed by atoms with E-state index in [0.717, 1.165) is 23.3 Å². The fraction of sp³-hybridized carbons (Fsp3) is 0.789. The van der Waals surface area contributed by atoms with E-state index in [-0.39, 0.29) is 16.7 Å². The highest BCUT2D eigenvalue weighted by Gasteiger charge is 2.78. The number of methoxy groups -OCH3 is 1. The molecule has 1 aromatic rings. The second kappa shape index (κ2) is 5.51. The van der Waals surface area contributed by atoms with Crippen molar-refractivity contribution in [2.75, 3.05) is 20.3 Å². The zero-order valence-corrected chi connectivity index (χ0v) is 16.7. The first-order valence-electron chi connectivity index (χ1n) is 9.18. The number of carbonyl (C=O) groups excluding carboxylic acids is 1. The zero-order valence-electron chi connectivity index (χ0n) is 15.8. The molecule has 2 aliphatic carbocycles. The van der Waals surface area contributed by atoms with Crippen LogP contribution in [0.5, 0.6) is 0 Å². The Kier molecular flexibility index (Phi) is 3.84. The van der Waals surface area contributed by atoms with Crippen LogP contribution in [0.3, 0.4) is 0 Å². The quantitative estimate of drug-likeness (QED) is 0.825. The van der Waals surface area contributed by atoms with Crippen molar-refractivity contribution < 1.29 is 14.3 Å². The molecule has 4 bridgehead atoms. The number of aryl methyl sites for hydroxylation is 1. The molecule has 2 saturated carbocycles. The first-order chi connectivity index (χ1) is 11.8. The van der Waals surface area contributed by atoms with E-state index < -0.39 is 5.60 Å². The monoisotopic (exact) mass is 364 g/mol. The Morgan fingerprint density at radius 1 is 1.44 bits per heavy atom. The largest absolute Gasteiger partial charge is 0.383 e. The van der Waals surface area contributed by atoms with E-state index in [1.807, 2.05) is 0 Å². The van der Waals surface area contributed by atoms with Crippen LogP contribution in [0, 0.1) is 30.6 Å². The molecular weight excluding hydrogens is 336 g/mol. The zero-order chi connectivity index (χ0) is 18.0. The van der Waals surface area contributed by atoms with Gasteiger partial charge in [-0.05, 0) is 39.0 Å². The Hall–Kier alpha value is -0.980. The maximum Gasteiger partial charge on any atom is 0.281 e. The molecule has 5 nitrogen and oxygen atoms in total. The Morgan fingerprint density at radius 3 is 2.84 bits per heavy atom. The van der Waals surface area contributed by atoms with Crippen molar-refractivity contribution in [1.82, 2.24) is 4.57 Å². The average Bonchev–Trinajstić information content (AvgIpc) is 3.15. The highest BCUT2D eigenvalue weighted by molar-refractivity contribution is 7.09. The Morgan fingerprint density at radius 2 is 2.20 bits per heavy atom. The third-order valence-corrected chi connectivity index (χ3v) is 8.75. The van der Waals surface area contributed by atoms with Crippen molar-refractivity contribution >= 4 is 17.2 Å². The van der Waals surface area contributed by atoms with Gasteiger partial charge in [-0.3, -0.25) is 4.79 Å². The van der Waals surface area contributed by atoms with Crippen molar-refractivity contribution in [3.05, 3.63) is 15.4 Å². The average molecular weight is 365 g/mol. The van der Waals surface area contributed by atoms with E-state index in [0.29, 0.717) is 25.7 Å². The van der Waals surface area contributed by atoms with Gasteiger partial charge in [0.05, 0.1) is 13.2 Å². The summed E-state index contributed by atoms with van der Waals surface area (Å²) in [6.07, 6.45) is 3.13. The molecule has 0 spiro atoms. The number of ether oxygens (including phenoxy) is 2. The minimum absolute atomic E-state index is 0.0756. The SMILES string of the molecule is COCCn1c(C)c(C)s/c1=N\C(=O)C12CC3CCC1(C)C3(C)CO2. The van der Waals surface area contributed by atoms with Crippen LogP contribution in [0.25, 0.3) is 0 Å². The lowest BCUT2D eigenvalue weighted by Crippen LogP contribution is -2.50. The van der Waals surface area contributed by atoms with Gasteiger partial charge >= 0.3 is 0 Å². The third-order valence-electron chi connectivity index (χ3n) is 7.65. The number of hydrogen-bond acceptors (Lipinski definition) is 4. The smallest absolute Gasteiger partial charge is 0.281 e. The van der Waals surface area contributed by atoms with E-state index in [4.69, 9.17) is 9.47 Å². The van der Waals surface area contributed by atoms with Gasteiger partial charge in [-0.2, -0.15) is 4.99 Å². The summed E-state index contributed by atoms with van der Waals surface area (Å²) in [5, 5.41) is 0. The van der Waals surface area contributed by atoms with Crippen LogP contribution in [-0.2, 0) is 20.8 Å². The molecule has 1 aromatic heterocycles. The number of hydrogen-bond donors (Lipinski definition) is 0. The summed E-state index contributed by atoms with van der Waals surface area (Å²) >= 11 is 1.58. The van der Waals surface area contributed by atoms with E-state index in [9.17, 15) is 4.79 Å². The molecule has 0 aromatic carbocycles. The number of thiazole rings is 1. The summed E-state index contributed by atoms with van der Waals surface area (Å²) in [6, 6.07) is 0. The highest BCUT2D eigenvalue weighted by atomic mass is 32.1. The van der Waals surface area contributed by atoms with Crippen LogP contribution in [0.2, 0.25) is 0 Å². The molecule has 25 heavy (non-hydrogen) atoms. The van der Waals surface area contributed by atoms with Gasteiger partial charge in [0.1, 0.15) is 0 Å². The summed E-state index contributed by atoms with van der Waals surface area (Å²) in [5.41, 5.74) is 0.493. The fourth-order valence-corrected chi connectivity index (χ4v) is 6.54. The van der Waals surface area contributed by atoms with Crippen LogP contribution >= 0.6 is 11.3 Å². The first-order valence-corrected chi connectivity index (χ1v) is 10.00. The molecule has 1 amide bonds. The lowest BCUT2D eigenvalue weighted by Gasteiger charge is -2.38. The van der Waals surface area contributed by atoms with Crippen molar-refractivity contribution in [2.45, 2.75) is 59.1 Å². The molecule has 4 unspecified atom stereocenters. The number of nitrogens with zero attached hydrogens (tertiary/aromatic N) is 2. The molecule has 3 aliphatic rings. The predicted molar refractivity (Wildman–Crippen MR) is 96.5 cm³/mol. The topological polar surface area (TPSA) is 52.8 Å². The van der Waals surface area contributed by atoms with Gasteiger partial charge in [-0.1, -0.05) is 13.8 Å². The van der Waals surface area contributed by atoms with Crippen LogP contribution in [0.4, 0.5) is 0 Å². The van der Waals surface area contributed by atoms with Crippen LogP contribution in [-0.4, -0.2) is 36.4 Å². The molecule has 0 radical (unpaired) electrons. The summed E-state index contributed by atoms with van der Waals surface area (Å²) < 4.78 is 13.5. The first kappa shape index (κ1) is 17.4. The maximum absolute atomic E-state index is 13.3. The van der Waals surface area contributed by atoms with Gasteiger partial charge in [-0.25, -0.2) is 0 Å². The van der Waals surface area contributed by atoms with Crippen LogP contribution in [0.1, 0.15) is 43.7 Å². The van der Waals surface area contributed by atoms with E-state index >= 15 is 0 Å². The summed E-state index contributed by atoms with van der Waals surface area (Å²) in [5.74, 6) is 0.520. The molecule has 1 aliphatic heterocycles. The molecule has 0 N–H and O–H groups in total. The maximum atomic E-state index is 13.3. The van der Waals surface area contributed by atoms with Crippen LogP contribution in [0.15, 0.2) is 4.99 Å². The minimum Gasteiger partial charge on any atom is -0.383 e. The van der Waals surface area contributed by atoms with Crippen molar-refractivity contribution in [3.8, 4) is 0 Å². The van der Waals surface area contributed by atoms with Gasteiger partial charge < -0.3 is 14.0 Å². The van der Waals surface area contributed by atoms with Gasteiger partial charge in [0.15, 0.2) is 10.4 Å². The van der Waals surface area contributed by atoms with Gasteiger partial charge in [0, 0.05) is 35.1 Å². The van der Waals surface area contributed by atoms with Gasteiger partial charge in [0.2, 0.25) is 0 Å². The predicted octanol–water partition coefficient (Wildman–Crippen LogP) is 2.84. The summed E-state index contributed by atoms with van der Waals surface area (Å²) in [7, 11) is 1.69.